The molecule has 0 saturated heterocycles. The molecule has 10 heteroatoms. The number of nitrogens with one attached hydrogen (secondary N) is 1. The van der Waals surface area contributed by atoms with E-state index in [9.17, 15) is 23.3 Å². The summed E-state index contributed by atoms with van der Waals surface area (Å²) in [5.41, 5.74) is 0.00751. The number of rotatable bonds is 5. The SMILES string of the molecule is CN(C)S(=O)(=O)c1ccc(NC(=O)c2cc([N+](=O)[O-])ccc2Cl)cc1. The second-order valence-electron chi connectivity index (χ2n) is 5.19. The average Bonchev–Trinajstić information content (AvgIpc) is 2.55. The largest absolute Gasteiger partial charge is 0.322 e. The van der Waals surface area contributed by atoms with Crippen molar-refractivity contribution in [3.05, 3.63) is 63.2 Å². The number of nitro benzene ring substituents is 1. The van der Waals surface area contributed by atoms with E-state index in [-0.39, 0.29) is 21.2 Å². The van der Waals surface area contributed by atoms with Crippen LogP contribution in [0.3, 0.4) is 0 Å². The van der Waals surface area contributed by atoms with Gasteiger partial charge in [-0.3, -0.25) is 14.9 Å². The van der Waals surface area contributed by atoms with Crippen LogP contribution in [0.4, 0.5) is 11.4 Å². The summed E-state index contributed by atoms with van der Waals surface area (Å²) in [6, 6.07) is 9.06. The highest BCUT2D eigenvalue weighted by Gasteiger charge is 2.18. The lowest BCUT2D eigenvalue weighted by molar-refractivity contribution is -0.384. The fraction of sp³-hybridized carbons (Fsp3) is 0.133. The molecular formula is C15H14ClN3O5S. The molecule has 0 bridgehead atoms. The number of hydrogen-bond acceptors (Lipinski definition) is 5. The van der Waals surface area contributed by atoms with Crippen LogP contribution in [-0.4, -0.2) is 37.6 Å². The minimum Gasteiger partial charge on any atom is -0.322 e. The molecule has 0 saturated carbocycles. The third-order valence-electron chi connectivity index (χ3n) is 3.30. The number of nitrogens with zero attached hydrogens (tertiary/aromatic N) is 2. The van der Waals surface area contributed by atoms with Gasteiger partial charge >= 0.3 is 0 Å². The van der Waals surface area contributed by atoms with Gasteiger partial charge in [-0.25, -0.2) is 12.7 Å². The molecular weight excluding hydrogens is 370 g/mol. The molecule has 1 amide bonds. The molecule has 0 radical (unpaired) electrons. The van der Waals surface area contributed by atoms with Crippen LogP contribution in [0.1, 0.15) is 10.4 Å². The van der Waals surface area contributed by atoms with Crippen molar-refractivity contribution in [1.82, 2.24) is 4.31 Å². The van der Waals surface area contributed by atoms with E-state index in [1.165, 1.54) is 50.5 Å². The van der Waals surface area contributed by atoms with Gasteiger partial charge in [0.2, 0.25) is 10.0 Å². The minimum absolute atomic E-state index is 0.0548. The van der Waals surface area contributed by atoms with Crippen LogP contribution in [0, 0.1) is 10.1 Å². The summed E-state index contributed by atoms with van der Waals surface area (Å²) in [6.45, 7) is 0. The van der Waals surface area contributed by atoms with E-state index in [0.29, 0.717) is 5.69 Å². The molecule has 0 unspecified atom stereocenters. The monoisotopic (exact) mass is 383 g/mol. The topological polar surface area (TPSA) is 110 Å². The Kier molecular flexibility index (Phi) is 5.41. The fourth-order valence-electron chi connectivity index (χ4n) is 1.92. The average molecular weight is 384 g/mol. The molecule has 0 fully saturated rings. The quantitative estimate of drug-likeness (QED) is 0.630. The number of amides is 1. The Balaban J connectivity index is 2.25. The van der Waals surface area contributed by atoms with Crippen LogP contribution in [-0.2, 0) is 10.0 Å². The fourth-order valence-corrected chi connectivity index (χ4v) is 3.03. The van der Waals surface area contributed by atoms with Gasteiger partial charge < -0.3 is 5.32 Å². The zero-order chi connectivity index (χ0) is 18.8. The lowest BCUT2D eigenvalue weighted by Crippen LogP contribution is -2.22. The number of sulfonamides is 1. The van der Waals surface area contributed by atoms with Crippen molar-refractivity contribution in [3.63, 3.8) is 0 Å². The third-order valence-corrected chi connectivity index (χ3v) is 5.46. The summed E-state index contributed by atoms with van der Waals surface area (Å²) >= 11 is 5.91. The summed E-state index contributed by atoms with van der Waals surface area (Å²) in [5.74, 6) is -0.642. The lowest BCUT2D eigenvalue weighted by Gasteiger charge is -2.12. The molecule has 0 aliphatic heterocycles. The number of carbonyl (C=O) groups excluding carboxylic acids is 1. The standard InChI is InChI=1S/C15H14ClN3O5S/c1-18(2)25(23,24)12-6-3-10(4-7-12)17-15(20)13-9-11(19(21)22)5-8-14(13)16/h3-9H,1-2H3,(H,17,20). The van der Waals surface area contributed by atoms with Gasteiger partial charge in [0.15, 0.2) is 0 Å². The molecule has 2 aromatic rings. The summed E-state index contributed by atoms with van der Waals surface area (Å²) in [6.07, 6.45) is 0. The van der Waals surface area contributed by atoms with Crippen molar-refractivity contribution >= 4 is 38.9 Å². The Morgan fingerprint density at radius 1 is 1.16 bits per heavy atom. The molecule has 2 rings (SSSR count). The second-order valence-corrected chi connectivity index (χ2v) is 7.75. The Morgan fingerprint density at radius 3 is 2.28 bits per heavy atom. The molecule has 25 heavy (non-hydrogen) atoms. The molecule has 0 aliphatic rings. The maximum Gasteiger partial charge on any atom is 0.270 e. The molecule has 0 heterocycles. The first-order chi connectivity index (χ1) is 11.6. The van der Waals surface area contributed by atoms with E-state index in [2.05, 4.69) is 5.32 Å². The first-order valence-electron chi connectivity index (χ1n) is 6.91. The zero-order valence-electron chi connectivity index (χ0n) is 13.3. The number of halogens is 1. The Morgan fingerprint density at radius 2 is 1.76 bits per heavy atom. The molecule has 2 aromatic carbocycles. The van der Waals surface area contributed by atoms with Crippen LogP contribution < -0.4 is 5.32 Å². The highest BCUT2D eigenvalue weighted by molar-refractivity contribution is 7.89. The maximum atomic E-state index is 12.3. The number of benzene rings is 2. The van der Waals surface area contributed by atoms with Crippen LogP contribution in [0.5, 0.6) is 0 Å². The smallest absolute Gasteiger partial charge is 0.270 e. The molecule has 0 aliphatic carbocycles. The summed E-state index contributed by atoms with van der Waals surface area (Å²) in [4.78, 5) is 22.5. The van der Waals surface area contributed by atoms with E-state index >= 15 is 0 Å². The normalized spacial score (nSPS) is 11.4. The first kappa shape index (κ1) is 18.8. The molecule has 0 atom stereocenters. The van der Waals surface area contributed by atoms with Crippen LogP contribution >= 0.6 is 11.6 Å². The number of nitro groups is 1. The van der Waals surface area contributed by atoms with Crippen molar-refractivity contribution in [2.45, 2.75) is 4.90 Å². The summed E-state index contributed by atoms with van der Waals surface area (Å²) in [7, 11) is -0.748. The highest BCUT2D eigenvalue weighted by Crippen LogP contribution is 2.23. The van der Waals surface area contributed by atoms with Crippen LogP contribution in [0.25, 0.3) is 0 Å². The number of hydrogen-bond donors (Lipinski definition) is 1. The van der Waals surface area contributed by atoms with E-state index in [1.807, 2.05) is 0 Å². The number of anilines is 1. The highest BCUT2D eigenvalue weighted by atomic mass is 35.5. The van der Waals surface area contributed by atoms with Gasteiger partial charge in [0.1, 0.15) is 0 Å². The summed E-state index contributed by atoms with van der Waals surface area (Å²) in [5, 5.41) is 13.4. The van der Waals surface area contributed by atoms with E-state index in [0.717, 1.165) is 10.4 Å². The Bertz CT molecular complexity index is 927. The van der Waals surface area contributed by atoms with E-state index in [4.69, 9.17) is 11.6 Å². The van der Waals surface area contributed by atoms with Crippen LogP contribution in [0.15, 0.2) is 47.4 Å². The second kappa shape index (κ2) is 7.18. The van der Waals surface area contributed by atoms with Gasteiger partial charge in [-0.1, -0.05) is 11.6 Å². The van der Waals surface area contributed by atoms with Gasteiger partial charge in [-0.05, 0) is 30.3 Å². The maximum absolute atomic E-state index is 12.3. The van der Waals surface area contributed by atoms with Crippen molar-refractivity contribution in [3.8, 4) is 0 Å². The van der Waals surface area contributed by atoms with E-state index in [1.54, 1.807) is 0 Å². The number of carbonyl (C=O) groups is 1. The number of non-ortho nitro benzene ring substituents is 1. The first-order valence-corrected chi connectivity index (χ1v) is 8.72. The van der Waals surface area contributed by atoms with Crippen molar-refractivity contribution in [1.29, 1.82) is 0 Å². The summed E-state index contributed by atoms with van der Waals surface area (Å²) < 4.78 is 25.1. The molecule has 8 nitrogen and oxygen atoms in total. The van der Waals surface area contributed by atoms with Crippen molar-refractivity contribution in [2.24, 2.45) is 0 Å². The predicted octanol–water partition coefficient (Wildman–Crippen LogP) is 2.75. The van der Waals surface area contributed by atoms with Gasteiger partial charge in [0.25, 0.3) is 11.6 Å². The van der Waals surface area contributed by atoms with E-state index < -0.39 is 20.9 Å². The van der Waals surface area contributed by atoms with Gasteiger partial charge in [-0.2, -0.15) is 0 Å². The third kappa shape index (κ3) is 4.13. The molecule has 0 spiro atoms. The van der Waals surface area contributed by atoms with Crippen molar-refractivity contribution < 1.29 is 18.1 Å². The van der Waals surface area contributed by atoms with Gasteiger partial charge in [0, 0.05) is 31.9 Å². The zero-order valence-corrected chi connectivity index (χ0v) is 14.8. The molecule has 0 aromatic heterocycles. The van der Waals surface area contributed by atoms with Gasteiger partial charge in [-0.15, -0.1) is 0 Å². The van der Waals surface area contributed by atoms with Gasteiger partial charge in [0.05, 0.1) is 20.4 Å². The van der Waals surface area contributed by atoms with Crippen LogP contribution in [0.2, 0.25) is 5.02 Å². The van der Waals surface area contributed by atoms with Crippen molar-refractivity contribution in [2.75, 3.05) is 19.4 Å². The predicted molar refractivity (Wildman–Crippen MR) is 93.4 cm³/mol. The molecule has 1 N–H and O–H groups in total. The molecule has 132 valence electrons. The Labute approximate surface area is 149 Å². The lowest BCUT2D eigenvalue weighted by atomic mass is 10.2. The minimum atomic E-state index is -3.57. The Hall–Kier alpha value is -2.49.